The third-order valence-electron chi connectivity index (χ3n) is 2.48. The Morgan fingerprint density at radius 2 is 1.71 bits per heavy atom. The van der Waals surface area contributed by atoms with Crippen LogP contribution in [-0.2, 0) is 0 Å². The maximum absolute atomic E-state index is 12.1. The van der Waals surface area contributed by atoms with E-state index in [-0.39, 0.29) is 5.78 Å². The highest BCUT2D eigenvalue weighted by atomic mass is 16.1. The maximum atomic E-state index is 12.1. The first kappa shape index (κ1) is 11.3. The van der Waals surface area contributed by atoms with Crippen molar-refractivity contribution in [2.24, 2.45) is 0 Å². The molecule has 0 bridgehead atoms. The van der Waals surface area contributed by atoms with E-state index in [0.717, 1.165) is 16.7 Å². The summed E-state index contributed by atoms with van der Waals surface area (Å²) in [6, 6.07) is 13.0. The molecule has 0 aliphatic heterocycles. The minimum atomic E-state index is 0.0578. The van der Waals surface area contributed by atoms with E-state index in [1.165, 1.54) is 0 Å². The number of nitrogens with zero attached hydrogens (tertiary/aromatic N) is 1. The molecule has 0 N–H and O–H groups in total. The van der Waals surface area contributed by atoms with E-state index in [1.54, 1.807) is 12.4 Å². The predicted octanol–water partition coefficient (Wildman–Crippen LogP) is 3.37. The first-order chi connectivity index (χ1) is 8.27. The fraction of sp³-hybridized carbons (Fsp3) is 0.0667. The zero-order chi connectivity index (χ0) is 12.1. The average molecular weight is 223 g/mol. The number of carbonyl (C=O) groups is 1. The zero-order valence-electron chi connectivity index (χ0n) is 9.63. The number of allylic oxidation sites excluding steroid dienone is 1. The van der Waals surface area contributed by atoms with Gasteiger partial charge in [0.05, 0.1) is 0 Å². The van der Waals surface area contributed by atoms with Gasteiger partial charge in [-0.2, -0.15) is 0 Å². The summed E-state index contributed by atoms with van der Waals surface area (Å²) < 4.78 is 0. The van der Waals surface area contributed by atoms with E-state index < -0.39 is 0 Å². The van der Waals surface area contributed by atoms with Crippen LogP contribution >= 0.6 is 0 Å². The van der Waals surface area contributed by atoms with Gasteiger partial charge in [-0.25, -0.2) is 0 Å². The summed E-state index contributed by atoms with van der Waals surface area (Å²) >= 11 is 0. The van der Waals surface area contributed by atoms with E-state index in [9.17, 15) is 4.79 Å². The Hall–Kier alpha value is -2.22. The van der Waals surface area contributed by atoms with Crippen molar-refractivity contribution in [1.82, 2.24) is 4.98 Å². The molecular formula is C15H13NO. The molecule has 2 nitrogen and oxygen atoms in total. The summed E-state index contributed by atoms with van der Waals surface area (Å²) in [7, 11) is 0. The second kappa shape index (κ2) is 5.21. The molecule has 1 heterocycles. The molecular weight excluding hydrogens is 210 g/mol. The molecule has 0 saturated carbocycles. The largest absolute Gasteiger partial charge is 0.289 e. The molecule has 0 fully saturated rings. The number of aromatic nitrogens is 1. The van der Waals surface area contributed by atoms with Crippen molar-refractivity contribution in [2.75, 3.05) is 0 Å². The smallest absolute Gasteiger partial charge is 0.188 e. The molecule has 0 amide bonds. The maximum Gasteiger partial charge on any atom is 0.188 e. The Balaban J connectivity index is 2.24. The van der Waals surface area contributed by atoms with Gasteiger partial charge in [-0.3, -0.25) is 9.78 Å². The molecule has 0 radical (unpaired) electrons. The summed E-state index contributed by atoms with van der Waals surface area (Å²) in [5.74, 6) is 0.0578. The fourth-order valence-corrected chi connectivity index (χ4v) is 1.59. The molecule has 0 aliphatic rings. The second-order valence-electron chi connectivity index (χ2n) is 3.80. The third kappa shape index (κ3) is 2.88. The van der Waals surface area contributed by atoms with E-state index in [2.05, 4.69) is 4.98 Å². The molecule has 1 aromatic heterocycles. The summed E-state index contributed by atoms with van der Waals surface area (Å²) in [5, 5.41) is 0. The summed E-state index contributed by atoms with van der Waals surface area (Å²) in [4.78, 5) is 16.0. The van der Waals surface area contributed by atoms with Gasteiger partial charge in [0.25, 0.3) is 0 Å². The van der Waals surface area contributed by atoms with Gasteiger partial charge in [0.1, 0.15) is 0 Å². The van der Waals surface area contributed by atoms with Crippen LogP contribution in [-0.4, -0.2) is 10.8 Å². The van der Waals surface area contributed by atoms with Crippen molar-refractivity contribution in [3.8, 4) is 0 Å². The van der Waals surface area contributed by atoms with Gasteiger partial charge >= 0.3 is 0 Å². The van der Waals surface area contributed by atoms with Crippen LogP contribution < -0.4 is 0 Å². The average Bonchev–Trinajstić information content (AvgIpc) is 2.40. The molecule has 17 heavy (non-hydrogen) atoms. The topological polar surface area (TPSA) is 30.0 Å². The Morgan fingerprint density at radius 1 is 1.06 bits per heavy atom. The SMILES string of the molecule is C/C(=C\c1ccncc1)C(=O)c1ccccc1. The molecule has 0 spiro atoms. The highest BCUT2D eigenvalue weighted by Crippen LogP contribution is 2.11. The van der Waals surface area contributed by atoms with Crippen LogP contribution in [0, 0.1) is 0 Å². The number of pyridine rings is 1. The highest BCUT2D eigenvalue weighted by Gasteiger charge is 2.06. The predicted molar refractivity (Wildman–Crippen MR) is 68.7 cm³/mol. The Labute approximate surface area is 101 Å². The van der Waals surface area contributed by atoms with Crippen LogP contribution in [0.3, 0.4) is 0 Å². The van der Waals surface area contributed by atoms with Gasteiger partial charge in [-0.1, -0.05) is 30.3 Å². The summed E-state index contributed by atoms with van der Waals surface area (Å²) in [5.41, 5.74) is 2.43. The third-order valence-corrected chi connectivity index (χ3v) is 2.48. The molecule has 0 aliphatic carbocycles. The molecule has 0 unspecified atom stereocenters. The lowest BCUT2D eigenvalue weighted by atomic mass is 10.0. The van der Waals surface area contributed by atoms with Crippen molar-refractivity contribution in [3.05, 3.63) is 71.6 Å². The van der Waals surface area contributed by atoms with Gasteiger partial charge < -0.3 is 0 Å². The minimum Gasteiger partial charge on any atom is -0.289 e. The number of hydrogen-bond acceptors (Lipinski definition) is 2. The van der Waals surface area contributed by atoms with Crippen LogP contribution in [0.15, 0.2) is 60.4 Å². The number of Topliss-reactive ketones (excluding diaryl/α,β-unsaturated/α-hetero) is 1. The Morgan fingerprint density at radius 3 is 2.35 bits per heavy atom. The molecule has 2 heteroatoms. The van der Waals surface area contributed by atoms with Crippen molar-refractivity contribution in [2.45, 2.75) is 6.92 Å². The lowest BCUT2D eigenvalue weighted by Gasteiger charge is -2.01. The van der Waals surface area contributed by atoms with Crippen LogP contribution in [0.5, 0.6) is 0 Å². The Kier molecular flexibility index (Phi) is 3.46. The second-order valence-corrected chi connectivity index (χ2v) is 3.80. The van der Waals surface area contributed by atoms with E-state index >= 15 is 0 Å². The molecule has 2 aromatic rings. The number of hydrogen-bond donors (Lipinski definition) is 0. The lowest BCUT2D eigenvalue weighted by Crippen LogP contribution is -1.99. The normalized spacial score (nSPS) is 11.2. The highest BCUT2D eigenvalue weighted by molar-refractivity contribution is 6.10. The van der Waals surface area contributed by atoms with E-state index in [0.29, 0.717) is 0 Å². The number of rotatable bonds is 3. The van der Waals surface area contributed by atoms with Crippen LogP contribution in [0.2, 0.25) is 0 Å². The summed E-state index contributed by atoms with van der Waals surface area (Å²) in [6.07, 6.45) is 5.30. The van der Waals surface area contributed by atoms with Gasteiger partial charge in [0.2, 0.25) is 0 Å². The number of ketones is 1. The quantitative estimate of drug-likeness (QED) is 0.590. The van der Waals surface area contributed by atoms with Crippen LogP contribution in [0.25, 0.3) is 6.08 Å². The van der Waals surface area contributed by atoms with E-state index in [1.807, 2.05) is 55.5 Å². The van der Waals surface area contributed by atoms with Crippen molar-refractivity contribution >= 4 is 11.9 Å². The lowest BCUT2D eigenvalue weighted by molar-refractivity contribution is 0.103. The van der Waals surface area contributed by atoms with Gasteiger partial charge in [-0.05, 0) is 36.3 Å². The van der Waals surface area contributed by atoms with Crippen molar-refractivity contribution in [3.63, 3.8) is 0 Å². The van der Waals surface area contributed by atoms with Crippen LogP contribution in [0.4, 0.5) is 0 Å². The number of benzene rings is 1. The first-order valence-electron chi connectivity index (χ1n) is 5.45. The molecule has 0 saturated heterocycles. The standard InChI is InChI=1S/C15H13NO/c1-12(11-13-7-9-16-10-8-13)15(17)14-5-3-2-4-6-14/h2-11H,1H3/b12-11+. The number of carbonyl (C=O) groups excluding carboxylic acids is 1. The molecule has 1 aromatic carbocycles. The Bertz CT molecular complexity index is 529. The van der Waals surface area contributed by atoms with Crippen LogP contribution in [0.1, 0.15) is 22.8 Å². The first-order valence-corrected chi connectivity index (χ1v) is 5.45. The van der Waals surface area contributed by atoms with Gasteiger partial charge in [0, 0.05) is 18.0 Å². The monoisotopic (exact) mass is 223 g/mol. The van der Waals surface area contributed by atoms with Gasteiger partial charge in [0.15, 0.2) is 5.78 Å². The minimum absolute atomic E-state index is 0.0578. The van der Waals surface area contributed by atoms with E-state index in [4.69, 9.17) is 0 Å². The zero-order valence-corrected chi connectivity index (χ0v) is 9.63. The summed E-state index contributed by atoms with van der Waals surface area (Å²) in [6.45, 7) is 1.83. The van der Waals surface area contributed by atoms with Gasteiger partial charge in [-0.15, -0.1) is 0 Å². The van der Waals surface area contributed by atoms with Crippen molar-refractivity contribution in [1.29, 1.82) is 0 Å². The molecule has 0 atom stereocenters. The van der Waals surface area contributed by atoms with Crippen molar-refractivity contribution < 1.29 is 4.79 Å². The molecule has 84 valence electrons. The molecule has 2 rings (SSSR count). The fourth-order valence-electron chi connectivity index (χ4n) is 1.59.